The monoisotopic (exact) mass is 588 g/mol. The fourth-order valence-electron chi connectivity index (χ4n) is 6.99. The number of hydrogen-bond acceptors (Lipinski definition) is 5. The van der Waals surface area contributed by atoms with E-state index in [0.717, 1.165) is 37.7 Å². The summed E-state index contributed by atoms with van der Waals surface area (Å²) < 4.78 is 29.0. The molecule has 3 aliphatic rings. The minimum Gasteiger partial charge on any atom is -0.384 e. The first kappa shape index (κ1) is 30.2. The second kappa shape index (κ2) is 11.6. The van der Waals surface area contributed by atoms with Crippen LogP contribution in [0.3, 0.4) is 0 Å². The molecule has 0 aromatic heterocycles. The summed E-state index contributed by atoms with van der Waals surface area (Å²) in [6.45, 7) is 0.416. The lowest BCUT2D eigenvalue weighted by Crippen LogP contribution is -2.66. The lowest BCUT2D eigenvalue weighted by molar-refractivity contribution is -0.885. The molecule has 0 bridgehead atoms. The molecule has 2 aliphatic carbocycles. The molecule has 11 heteroatoms. The summed E-state index contributed by atoms with van der Waals surface area (Å²) >= 11 is 0. The summed E-state index contributed by atoms with van der Waals surface area (Å²) in [5.41, 5.74) is 12.7. The Bertz CT molecular complexity index is 1360. The number of halogens is 1. The summed E-state index contributed by atoms with van der Waals surface area (Å²) in [6.07, 6.45) is 5.58. The van der Waals surface area contributed by atoms with Gasteiger partial charge in [-0.3, -0.25) is 10.2 Å². The lowest BCUT2D eigenvalue weighted by Gasteiger charge is -2.41. The number of amidine groups is 1. The summed E-state index contributed by atoms with van der Waals surface area (Å²) in [7, 11) is -3.81. The van der Waals surface area contributed by atoms with E-state index in [-0.39, 0.29) is 59.4 Å². The first-order chi connectivity index (χ1) is 18.6. The highest BCUT2D eigenvalue weighted by atomic mass is 35.5. The Morgan fingerprint density at radius 3 is 2.17 bits per heavy atom. The zero-order valence-corrected chi connectivity index (χ0v) is 24.3. The first-order valence-electron chi connectivity index (χ1n) is 13.8. The molecule has 1 saturated heterocycles. The Labute approximate surface area is 242 Å². The van der Waals surface area contributed by atoms with Gasteiger partial charge in [0.15, 0.2) is 5.54 Å². The minimum absolute atomic E-state index is 0. The summed E-state index contributed by atoms with van der Waals surface area (Å²) in [5.74, 6) is -0.959. The van der Waals surface area contributed by atoms with E-state index < -0.39 is 21.5 Å². The van der Waals surface area contributed by atoms with E-state index in [2.05, 4.69) is 0 Å². The fraction of sp³-hybridized carbons (Fsp3) is 0.483. The Balaban J connectivity index is 0.00000370. The van der Waals surface area contributed by atoms with Crippen molar-refractivity contribution in [2.75, 3.05) is 13.1 Å². The van der Waals surface area contributed by atoms with Crippen molar-refractivity contribution in [1.29, 1.82) is 5.41 Å². The molecule has 0 spiro atoms. The molecular weight excluding hydrogens is 550 g/mol. The van der Waals surface area contributed by atoms with E-state index >= 15 is 0 Å². The highest BCUT2D eigenvalue weighted by molar-refractivity contribution is 7.88. The third kappa shape index (κ3) is 5.42. The Morgan fingerprint density at radius 1 is 0.950 bits per heavy atom. The molecule has 5 N–H and O–H groups in total. The SMILES string of the molecule is Cl.N=C(N)c1ccc(C[N+]2(C(=O)CN(C3CCCCC3)S(=O)(=O)Cc3ccccc3)CC[C@@H]3C[C@@]32C(N)=O)cc1. The molecule has 9 nitrogen and oxygen atoms in total. The molecule has 2 amide bonds. The average molecular weight is 589 g/mol. The number of rotatable bonds is 10. The van der Waals surface area contributed by atoms with Crippen molar-refractivity contribution in [2.45, 2.75) is 68.8 Å². The number of fused-ring (bicyclic) bond motifs is 1. The number of nitrogens with zero attached hydrogens (tertiary/aromatic N) is 2. The predicted molar refractivity (Wildman–Crippen MR) is 156 cm³/mol. The largest absolute Gasteiger partial charge is 0.384 e. The quantitative estimate of drug-likeness (QED) is 0.222. The molecule has 2 aromatic rings. The number of carbonyl (C=O) groups excluding carboxylic acids is 2. The Morgan fingerprint density at radius 2 is 1.60 bits per heavy atom. The van der Waals surface area contributed by atoms with Gasteiger partial charge in [0.25, 0.3) is 5.91 Å². The third-order valence-corrected chi connectivity index (χ3v) is 11.0. The number of nitrogens with one attached hydrogen (secondary N) is 1. The molecule has 1 heterocycles. The van der Waals surface area contributed by atoms with E-state index in [9.17, 15) is 18.0 Å². The number of nitrogens with two attached hydrogens (primary N) is 2. The number of likely N-dealkylation sites (tertiary alicyclic amines) is 1. The number of quaternary nitrogens is 1. The molecular formula is C29H39ClN5O4S+. The van der Waals surface area contributed by atoms with Crippen molar-refractivity contribution in [3.8, 4) is 0 Å². The number of benzene rings is 2. The lowest BCUT2D eigenvalue weighted by atomic mass is 9.95. The van der Waals surface area contributed by atoms with Crippen molar-refractivity contribution in [2.24, 2.45) is 17.4 Å². The van der Waals surface area contributed by atoms with Gasteiger partial charge in [-0.25, -0.2) is 17.7 Å². The van der Waals surface area contributed by atoms with E-state index in [1.165, 1.54) is 4.31 Å². The van der Waals surface area contributed by atoms with Gasteiger partial charge >= 0.3 is 5.91 Å². The minimum atomic E-state index is -3.81. The average Bonchev–Trinajstić information content (AvgIpc) is 3.59. The van der Waals surface area contributed by atoms with Crippen LogP contribution >= 0.6 is 12.4 Å². The first-order valence-corrected chi connectivity index (χ1v) is 15.4. The molecule has 40 heavy (non-hydrogen) atoms. The standard InChI is InChI=1S/C29H37N5O4S.ClH/c30-27(31)23-13-11-21(12-14-23)19-34(16-15-24-17-29(24,34)28(32)36)26(35)18-33(25-9-5-2-6-10-25)39(37,38)20-22-7-3-1-4-8-22;/h1,3-4,7-8,11-14,24-25H,2,5-6,9-10,15-20H2,(H4-,30,31,32,36);1H/p+1/t24-,29+,34?;/m1./s1. The number of primary amides is 1. The zero-order chi connectivity index (χ0) is 27.8. The molecule has 0 radical (unpaired) electrons. The second-order valence-corrected chi connectivity index (χ2v) is 13.3. The van der Waals surface area contributed by atoms with Crippen LogP contribution in [0.25, 0.3) is 0 Å². The molecule has 5 rings (SSSR count). The van der Waals surface area contributed by atoms with Crippen molar-refractivity contribution >= 4 is 40.1 Å². The van der Waals surface area contributed by atoms with Gasteiger partial charge in [0.05, 0.1) is 12.3 Å². The number of hydrogen-bond donors (Lipinski definition) is 3. The Kier molecular flexibility index (Phi) is 8.75. The van der Waals surface area contributed by atoms with Crippen molar-refractivity contribution in [3.63, 3.8) is 0 Å². The van der Waals surface area contributed by atoms with E-state index in [1.54, 1.807) is 24.3 Å². The molecule has 3 fully saturated rings. The predicted octanol–water partition coefficient (Wildman–Crippen LogP) is 3.05. The normalized spacial score (nSPS) is 26.1. The third-order valence-electron chi connectivity index (χ3n) is 9.14. The van der Waals surface area contributed by atoms with Crippen LogP contribution in [0.15, 0.2) is 54.6 Å². The number of nitrogen functional groups attached to an aromatic ring is 1. The van der Waals surface area contributed by atoms with Gasteiger partial charge in [0.1, 0.15) is 18.9 Å². The summed E-state index contributed by atoms with van der Waals surface area (Å²) in [5, 5.41) is 7.67. The van der Waals surface area contributed by atoms with Crippen LogP contribution in [0.2, 0.25) is 0 Å². The smallest absolute Gasteiger partial charge is 0.330 e. The summed E-state index contributed by atoms with van der Waals surface area (Å²) in [4.78, 5) is 27.4. The van der Waals surface area contributed by atoms with Gasteiger partial charge in [0, 0.05) is 35.9 Å². The van der Waals surface area contributed by atoms with Crippen LogP contribution in [0.1, 0.15) is 61.6 Å². The van der Waals surface area contributed by atoms with Crippen LogP contribution in [0.4, 0.5) is 0 Å². The maximum atomic E-state index is 14.4. The number of piperidine rings is 1. The van der Waals surface area contributed by atoms with E-state index in [0.29, 0.717) is 30.5 Å². The molecule has 3 atom stereocenters. The van der Waals surface area contributed by atoms with Gasteiger partial charge in [-0.05, 0) is 18.4 Å². The summed E-state index contributed by atoms with van der Waals surface area (Å²) in [6, 6.07) is 15.9. The van der Waals surface area contributed by atoms with E-state index in [1.807, 2.05) is 30.3 Å². The fourth-order valence-corrected chi connectivity index (χ4v) is 8.74. The molecule has 1 unspecified atom stereocenters. The second-order valence-electron chi connectivity index (χ2n) is 11.4. The Hall–Kier alpha value is -2.79. The molecule has 216 valence electrons. The van der Waals surface area contributed by atoms with Gasteiger partial charge in [-0.15, -0.1) is 12.4 Å². The van der Waals surface area contributed by atoms with Gasteiger partial charge in [0.2, 0.25) is 10.0 Å². The van der Waals surface area contributed by atoms with Crippen molar-refractivity contribution < 1.29 is 22.5 Å². The molecule has 2 aromatic carbocycles. The van der Waals surface area contributed by atoms with Crippen LogP contribution in [0, 0.1) is 11.3 Å². The highest BCUT2D eigenvalue weighted by Gasteiger charge is 2.78. The van der Waals surface area contributed by atoms with Crippen LogP contribution in [-0.2, 0) is 31.9 Å². The van der Waals surface area contributed by atoms with E-state index in [4.69, 9.17) is 16.9 Å². The van der Waals surface area contributed by atoms with Crippen molar-refractivity contribution in [1.82, 2.24) is 4.31 Å². The maximum Gasteiger partial charge on any atom is 0.330 e. The molecule has 2 saturated carbocycles. The van der Waals surface area contributed by atoms with Crippen LogP contribution in [-0.4, -0.2) is 59.5 Å². The number of carbonyl (C=O) groups is 2. The van der Waals surface area contributed by atoms with Crippen LogP contribution in [0.5, 0.6) is 0 Å². The van der Waals surface area contributed by atoms with Gasteiger partial charge in [-0.1, -0.05) is 73.9 Å². The number of amides is 2. The maximum absolute atomic E-state index is 14.4. The zero-order valence-electron chi connectivity index (χ0n) is 22.6. The van der Waals surface area contributed by atoms with Gasteiger partial charge in [-0.2, -0.15) is 4.31 Å². The number of sulfonamides is 1. The van der Waals surface area contributed by atoms with Gasteiger partial charge < -0.3 is 11.5 Å². The van der Waals surface area contributed by atoms with Crippen molar-refractivity contribution in [3.05, 3.63) is 71.3 Å². The highest BCUT2D eigenvalue weighted by Crippen LogP contribution is 2.61. The molecule has 1 aliphatic heterocycles. The topological polar surface area (TPSA) is 147 Å². The van der Waals surface area contributed by atoms with Crippen LogP contribution < -0.4 is 11.5 Å².